The second-order valence-corrected chi connectivity index (χ2v) is 6.17. The van der Waals surface area contributed by atoms with Gasteiger partial charge in [-0.2, -0.15) is 0 Å². The quantitative estimate of drug-likeness (QED) is 0.525. The summed E-state index contributed by atoms with van der Waals surface area (Å²) in [5.74, 6) is 0. The van der Waals surface area contributed by atoms with Crippen molar-refractivity contribution in [1.29, 1.82) is 0 Å². The van der Waals surface area contributed by atoms with Gasteiger partial charge in [0.1, 0.15) is 5.15 Å². The van der Waals surface area contributed by atoms with Crippen LogP contribution in [0.15, 0.2) is 52.3 Å². The topological polar surface area (TPSA) is 34.9 Å². The molecule has 3 aromatic rings. The van der Waals surface area contributed by atoms with Crippen molar-refractivity contribution in [2.75, 3.05) is 6.26 Å². The molecule has 0 saturated heterocycles. The Bertz CT molecular complexity index is 905. The van der Waals surface area contributed by atoms with Crippen LogP contribution in [0, 0.1) is 0 Å². The third-order valence-corrected chi connectivity index (χ3v) is 4.57. The van der Waals surface area contributed by atoms with Gasteiger partial charge in [0, 0.05) is 28.6 Å². The monoisotopic (exact) mass is 330 g/mol. The number of halogens is 1. The van der Waals surface area contributed by atoms with Gasteiger partial charge in [-0.05, 0) is 43.0 Å². The number of hydrogen-bond donors (Lipinski definition) is 0. The van der Waals surface area contributed by atoms with Gasteiger partial charge in [0.15, 0.2) is 0 Å². The van der Waals surface area contributed by atoms with E-state index < -0.39 is 0 Å². The number of aromatic nitrogens is 2. The Morgan fingerprint density at radius 2 is 2.09 bits per heavy atom. The summed E-state index contributed by atoms with van der Waals surface area (Å²) in [6, 6.07) is 11.6. The molecule has 0 N–H and O–H groups in total. The molecule has 0 aliphatic rings. The molecule has 0 atom stereocenters. The molecule has 5 heteroatoms. The Hall–Kier alpha value is -1.78. The Balaban J connectivity index is 2.33. The van der Waals surface area contributed by atoms with Gasteiger partial charge in [0.05, 0.1) is 5.52 Å². The molecule has 0 amide bonds. The molecular formula is C17H15ClN2OS. The summed E-state index contributed by atoms with van der Waals surface area (Å²) in [4.78, 5) is 18.1. The summed E-state index contributed by atoms with van der Waals surface area (Å²) in [5.41, 5.74) is 2.43. The smallest absolute Gasteiger partial charge is 0.258 e. The lowest BCUT2D eigenvalue weighted by Crippen LogP contribution is -2.21. The van der Waals surface area contributed by atoms with Crippen molar-refractivity contribution in [1.82, 2.24) is 9.55 Å². The fraction of sp³-hybridized carbons (Fsp3) is 0.176. The summed E-state index contributed by atoms with van der Waals surface area (Å²) in [6.45, 7) is 2.54. The number of aryl methyl sites for hydroxylation is 1. The minimum Gasteiger partial charge on any atom is -0.308 e. The Morgan fingerprint density at radius 1 is 1.27 bits per heavy atom. The molecule has 0 aliphatic carbocycles. The minimum absolute atomic E-state index is 0.00415. The van der Waals surface area contributed by atoms with E-state index in [0.29, 0.717) is 17.3 Å². The number of benzene rings is 1. The first kappa shape index (κ1) is 15.1. The van der Waals surface area contributed by atoms with Crippen molar-refractivity contribution < 1.29 is 0 Å². The lowest BCUT2D eigenvalue weighted by molar-refractivity contribution is 0.761. The van der Waals surface area contributed by atoms with Crippen LogP contribution < -0.4 is 5.56 Å². The van der Waals surface area contributed by atoms with Gasteiger partial charge in [-0.3, -0.25) is 4.79 Å². The predicted molar refractivity (Wildman–Crippen MR) is 93.9 cm³/mol. The summed E-state index contributed by atoms with van der Waals surface area (Å²) in [6.07, 6.45) is 3.74. The zero-order valence-corrected chi connectivity index (χ0v) is 13.9. The van der Waals surface area contributed by atoms with Gasteiger partial charge >= 0.3 is 0 Å². The zero-order valence-electron chi connectivity index (χ0n) is 12.3. The van der Waals surface area contributed by atoms with E-state index in [0.717, 1.165) is 21.4 Å². The van der Waals surface area contributed by atoms with Crippen LogP contribution in [0.4, 0.5) is 0 Å². The molecular weight excluding hydrogens is 316 g/mol. The van der Waals surface area contributed by atoms with Gasteiger partial charge in [-0.15, -0.1) is 11.8 Å². The lowest BCUT2D eigenvalue weighted by atomic mass is 10.1. The zero-order chi connectivity index (χ0) is 15.7. The molecule has 22 heavy (non-hydrogen) atoms. The normalized spacial score (nSPS) is 11.0. The Morgan fingerprint density at radius 3 is 2.82 bits per heavy atom. The minimum atomic E-state index is -0.00415. The van der Waals surface area contributed by atoms with E-state index in [9.17, 15) is 4.79 Å². The third kappa shape index (κ3) is 2.64. The molecule has 2 heterocycles. The maximum atomic E-state index is 12.8. The molecule has 3 rings (SSSR count). The van der Waals surface area contributed by atoms with Crippen LogP contribution in [-0.4, -0.2) is 15.8 Å². The summed E-state index contributed by atoms with van der Waals surface area (Å²) in [5, 5.41) is 1.31. The Labute approximate surface area is 138 Å². The first-order valence-electron chi connectivity index (χ1n) is 6.97. The number of hydrogen-bond acceptors (Lipinski definition) is 3. The molecule has 3 nitrogen and oxygen atoms in total. The van der Waals surface area contributed by atoms with Crippen LogP contribution in [0.25, 0.3) is 22.0 Å². The molecule has 1 aromatic carbocycles. The van der Waals surface area contributed by atoms with E-state index in [4.69, 9.17) is 11.6 Å². The van der Waals surface area contributed by atoms with Crippen LogP contribution in [0.5, 0.6) is 0 Å². The van der Waals surface area contributed by atoms with Crippen molar-refractivity contribution in [3.8, 4) is 11.1 Å². The first-order valence-corrected chi connectivity index (χ1v) is 8.58. The van der Waals surface area contributed by atoms with Crippen molar-refractivity contribution in [2.24, 2.45) is 0 Å². The number of rotatable bonds is 3. The second kappa shape index (κ2) is 6.15. The van der Waals surface area contributed by atoms with Gasteiger partial charge < -0.3 is 4.57 Å². The summed E-state index contributed by atoms with van der Waals surface area (Å²) < 4.78 is 1.74. The van der Waals surface area contributed by atoms with Crippen molar-refractivity contribution in [3.05, 3.63) is 58.1 Å². The van der Waals surface area contributed by atoms with Gasteiger partial charge in [0.2, 0.25) is 0 Å². The highest BCUT2D eigenvalue weighted by Gasteiger charge is 2.11. The molecule has 2 aromatic heterocycles. The van der Waals surface area contributed by atoms with E-state index in [1.165, 1.54) is 0 Å². The van der Waals surface area contributed by atoms with Crippen LogP contribution in [0.1, 0.15) is 6.92 Å². The van der Waals surface area contributed by atoms with E-state index in [-0.39, 0.29) is 5.56 Å². The number of nitrogens with zero attached hydrogens (tertiary/aromatic N) is 2. The lowest BCUT2D eigenvalue weighted by Gasteiger charge is -2.12. The first-order chi connectivity index (χ1) is 10.6. The maximum Gasteiger partial charge on any atom is 0.258 e. The fourth-order valence-corrected chi connectivity index (χ4v) is 3.17. The number of pyridine rings is 2. The molecule has 112 valence electrons. The fourth-order valence-electron chi connectivity index (χ4n) is 2.56. The van der Waals surface area contributed by atoms with Crippen LogP contribution in [0.3, 0.4) is 0 Å². The van der Waals surface area contributed by atoms with Gasteiger partial charge in [0.25, 0.3) is 5.56 Å². The standard InChI is InChI=1S/C17H15ClN2OS/c1-3-20-15-9-16(18)19-10-12(15)8-14(17(20)21)11-5-4-6-13(7-11)22-2/h4-10H,3H2,1-2H3. The predicted octanol–water partition coefficient (Wildman–Crippen LogP) is 4.46. The number of fused-ring (bicyclic) bond motifs is 1. The van der Waals surface area contributed by atoms with Gasteiger partial charge in [-0.25, -0.2) is 4.98 Å². The Kier molecular flexibility index (Phi) is 4.23. The average molecular weight is 331 g/mol. The maximum absolute atomic E-state index is 12.8. The SMILES string of the molecule is CCn1c(=O)c(-c2cccc(SC)c2)cc2cnc(Cl)cc21. The molecule has 0 aliphatic heterocycles. The van der Waals surface area contributed by atoms with E-state index in [2.05, 4.69) is 4.98 Å². The second-order valence-electron chi connectivity index (χ2n) is 4.91. The highest BCUT2D eigenvalue weighted by Crippen LogP contribution is 2.25. The van der Waals surface area contributed by atoms with Crippen molar-refractivity contribution in [2.45, 2.75) is 18.4 Å². The van der Waals surface area contributed by atoms with Crippen molar-refractivity contribution in [3.63, 3.8) is 0 Å². The van der Waals surface area contributed by atoms with E-state index in [1.807, 2.05) is 43.5 Å². The molecule has 0 fully saturated rings. The highest BCUT2D eigenvalue weighted by atomic mass is 35.5. The average Bonchev–Trinajstić information content (AvgIpc) is 2.54. The molecule has 0 bridgehead atoms. The van der Waals surface area contributed by atoms with E-state index in [1.54, 1.807) is 28.6 Å². The highest BCUT2D eigenvalue weighted by molar-refractivity contribution is 7.98. The van der Waals surface area contributed by atoms with Crippen molar-refractivity contribution >= 4 is 34.3 Å². The molecule has 0 spiro atoms. The third-order valence-electron chi connectivity index (χ3n) is 3.64. The van der Waals surface area contributed by atoms with Gasteiger partial charge in [-0.1, -0.05) is 23.7 Å². The number of thioether (sulfide) groups is 1. The molecule has 0 saturated carbocycles. The van der Waals surface area contributed by atoms with E-state index >= 15 is 0 Å². The molecule has 0 radical (unpaired) electrons. The summed E-state index contributed by atoms with van der Waals surface area (Å²) in [7, 11) is 0. The van der Waals surface area contributed by atoms with Crippen LogP contribution >= 0.6 is 23.4 Å². The summed E-state index contributed by atoms with van der Waals surface area (Å²) >= 11 is 7.63. The molecule has 0 unspecified atom stereocenters. The van der Waals surface area contributed by atoms with Crippen LogP contribution in [-0.2, 0) is 6.54 Å². The van der Waals surface area contributed by atoms with Crippen LogP contribution in [0.2, 0.25) is 5.15 Å². The largest absolute Gasteiger partial charge is 0.308 e.